The lowest BCUT2D eigenvalue weighted by molar-refractivity contribution is 0.0153. The van der Waals surface area contributed by atoms with Gasteiger partial charge in [0.1, 0.15) is 5.60 Å². The second-order valence-electron chi connectivity index (χ2n) is 6.68. The van der Waals surface area contributed by atoms with Gasteiger partial charge in [0.05, 0.1) is 0 Å². The minimum atomic E-state index is -0.433. The summed E-state index contributed by atoms with van der Waals surface area (Å²) in [5.41, 5.74) is 0.769. The Bertz CT molecular complexity index is 366. The first-order valence-corrected chi connectivity index (χ1v) is 6.62. The first-order chi connectivity index (χ1) is 8.21. The smallest absolute Gasteiger partial charge is 0.410 e. The molecule has 0 radical (unpaired) electrons. The molecule has 18 heavy (non-hydrogen) atoms. The van der Waals surface area contributed by atoms with E-state index in [1.54, 1.807) is 0 Å². The lowest BCUT2D eigenvalue weighted by atomic mass is 10.0. The van der Waals surface area contributed by atoms with Gasteiger partial charge in [-0.3, -0.25) is 0 Å². The maximum Gasteiger partial charge on any atom is 0.410 e. The van der Waals surface area contributed by atoms with Crippen LogP contribution in [0.2, 0.25) is 0 Å². The van der Waals surface area contributed by atoms with E-state index in [0.29, 0.717) is 6.54 Å². The van der Waals surface area contributed by atoms with E-state index in [1.807, 2.05) is 32.6 Å². The zero-order chi connectivity index (χ0) is 13.6. The van der Waals surface area contributed by atoms with Gasteiger partial charge in [0.15, 0.2) is 0 Å². The van der Waals surface area contributed by atoms with Gasteiger partial charge in [0.25, 0.3) is 0 Å². The van der Waals surface area contributed by atoms with Crippen molar-refractivity contribution in [3.8, 4) is 0 Å². The number of amides is 1. The fourth-order valence-corrected chi connectivity index (χ4v) is 2.31. The van der Waals surface area contributed by atoms with Crippen LogP contribution in [0.15, 0.2) is 12.2 Å². The van der Waals surface area contributed by atoms with Crippen LogP contribution in [-0.2, 0) is 4.74 Å². The van der Waals surface area contributed by atoms with Gasteiger partial charge in [-0.05, 0) is 40.5 Å². The highest BCUT2D eigenvalue weighted by Gasteiger charge is 2.49. The Balaban J connectivity index is 2.04. The number of carbonyl (C=O) groups excluding carboxylic acids is 1. The van der Waals surface area contributed by atoms with Gasteiger partial charge in [-0.2, -0.15) is 0 Å². The highest BCUT2D eigenvalue weighted by Crippen LogP contribution is 2.39. The monoisotopic (exact) mass is 252 g/mol. The van der Waals surface area contributed by atoms with Gasteiger partial charge in [-0.15, -0.1) is 0 Å². The standard InChI is InChI=1S/C14H24N2O2/c1-10(2)11-8-16(9-14(15-11)6-7-14)12(17)18-13(3,4)5/h11,15H,1,6-9H2,2-5H3. The molecule has 0 aromatic carbocycles. The molecular formula is C14H24N2O2. The predicted octanol–water partition coefficient (Wildman–Crippen LogP) is 2.30. The molecule has 1 unspecified atom stereocenters. The van der Waals surface area contributed by atoms with Crippen LogP contribution in [-0.4, -0.2) is 41.3 Å². The molecule has 1 aliphatic carbocycles. The average Bonchev–Trinajstić information content (AvgIpc) is 2.94. The number of hydrogen-bond donors (Lipinski definition) is 1. The summed E-state index contributed by atoms with van der Waals surface area (Å²) < 4.78 is 5.46. The van der Waals surface area contributed by atoms with Crippen LogP contribution >= 0.6 is 0 Å². The Hall–Kier alpha value is -1.03. The molecule has 1 heterocycles. The number of rotatable bonds is 1. The summed E-state index contributed by atoms with van der Waals surface area (Å²) in [6, 6.07) is 0.189. The minimum Gasteiger partial charge on any atom is -0.444 e. The van der Waals surface area contributed by atoms with Crippen molar-refractivity contribution in [3.05, 3.63) is 12.2 Å². The van der Waals surface area contributed by atoms with Crippen LogP contribution in [0, 0.1) is 0 Å². The first-order valence-electron chi connectivity index (χ1n) is 6.62. The summed E-state index contributed by atoms with van der Waals surface area (Å²) in [5.74, 6) is 0. The fraction of sp³-hybridized carbons (Fsp3) is 0.786. The molecule has 1 saturated carbocycles. The van der Waals surface area contributed by atoms with E-state index in [0.717, 1.165) is 25.0 Å². The summed E-state index contributed by atoms with van der Waals surface area (Å²) >= 11 is 0. The van der Waals surface area contributed by atoms with Gasteiger partial charge in [0, 0.05) is 24.7 Å². The van der Waals surface area contributed by atoms with E-state index in [1.165, 1.54) is 0 Å². The number of nitrogens with one attached hydrogen (secondary N) is 1. The van der Waals surface area contributed by atoms with Crippen LogP contribution in [0.1, 0.15) is 40.5 Å². The molecule has 0 bridgehead atoms. The van der Waals surface area contributed by atoms with E-state index >= 15 is 0 Å². The molecular weight excluding hydrogens is 228 g/mol. The molecule has 2 rings (SSSR count). The molecule has 1 amide bonds. The zero-order valence-corrected chi connectivity index (χ0v) is 11.9. The van der Waals surface area contributed by atoms with Crippen molar-refractivity contribution in [2.75, 3.05) is 13.1 Å². The van der Waals surface area contributed by atoms with E-state index in [2.05, 4.69) is 11.9 Å². The van der Waals surface area contributed by atoms with Crippen LogP contribution < -0.4 is 5.32 Å². The van der Waals surface area contributed by atoms with E-state index in [9.17, 15) is 4.79 Å². The molecule has 4 nitrogen and oxygen atoms in total. The molecule has 2 aliphatic rings. The first kappa shape index (κ1) is 13.4. The van der Waals surface area contributed by atoms with Crippen LogP contribution in [0.3, 0.4) is 0 Å². The molecule has 2 fully saturated rings. The second-order valence-corrected chi connectivity index (χ2v) is 6.68. The second kappa shape index (κ2) is 4.26. The molecule has 1 aliphatic heterocycles. The molecule has 0 aromatic heterocycles. The number of hydrogen-bond acceptors (Lipinski definition) is 3. The molecule has 1 saturated heterocycles. The zero-order valence-electron chi connectivity index (χ0n) is 11.9. The van der Waals surface area contributed by atoms with Crippen molar-refractivity contribution in [1.29, 1.82) is 0 Å². The third-order valence-corrected chi connectivity index (χ3v) is 3.48. The predicted molar refractivity (Wildman–Crippen MR) is 71.5 cm³/mol. The van der Waals surface area contributed by atoms with Gasteiger partial charge in [-0.1, -0.05) is 12.2 Å². The SMILES string of the molecule is C=C(C)C1CN(C(=O)OC(C)(C)C)CC2(CC2)N1. The van der Waals surface area contributed by atoms with Crippen molar-refractivity contribution in [1.82, 2.24) is 10.2 Å². The fourth-order valence-electron chi connectivity index (χ4n) is 2.31. The summed E-state index contributed by atoms with van der Waals surface area (Å²) in [6.07, 6.45) is 2.06. The highest BCUT2D eigenvalue weighted by atomic mass is 16.6. The molecule has 102 valence electrons. The number of carbonyl (C=O) groups is 1. The van der Waals surface area contributed by atoms with E-state index in [4.69, 9.17) is 4.74 Å². The Morgan fingerprint density at radius 2 is 2.06 bits per heavy atom. The van der Waals surface area contributed by atoms with Crippen LogP contribution in [0.25, 0.3) is 0 Å². The maximum absolute atomic E-state index is 12.1. The summed E-state index contributed by atoms with van der Waals surface area (Å²) in [5, 5.41) is 3.60. The van der Waals surface area contributed by atoms with Crippen molar-refractivity contribution in [2.24, 2.45) is 0 Å². The third kappa shape index (κ3) is 3.05. The average molecular weight is 252 g/mol. The third-order valence-electron chi connectivity index (χ3n) is 3.48. The van der Waals surface area contributed by atoms with Crippen molar-refractivity contribution in [3.63, 3.8) is 0 Å². The molecule has 1 N–H and O–H groups in total. The molecule has 1 atom stereocenters. The Morgan fingerprint density at radius 1 is 1.44 bits per heavy atom. The van der Waals surface area contributed by atoms with Crippen LogP contribution in [0.5, 0.6) is 0 Å². The minimum absolute atomic E-state index is 0.124. The number of nitrogens with zero attached hydrogens (tertiary/aromatic N) is 1. The molecule has 0 aromatic rings. The Morgan fingerprint density at radius 3 is 2.50 bits per heavy atom. The number of ether oxygens (including phenoxy) is 1. The van der Waals surface area contributed by atoms with Crippen molar-refractivity contribution < 1.29 is 9.53 Å². The molecule has 1 spiro atoms. The van der Waals surface area contributed by atoms with Crippen LogP contribution in [0.4, 0.5) is 4.79 Å². The van der Waals surface area contributed by atoms with E-state index < -0.39 is 5.60 Å². The van der Waals surface area contributed by atoms with Gasteiger partial charge < -0.3 is 15.0 Å². The topological polar surface area (TPSA) is 41.6 Å². The van der Waals surface area contributed by atoms with Crippen molar-refractivity contribution >= 4 is 6.09 Å². The maximum atomic E-state index is 12.1. The van der Waals surface area contributed by atoms with Crippen molar-refractivity contribution in [2.45, 2.75) is 57.7 Å². The normalized spacial score (nSPS) is 26.0. The summed E-state index contributed by atoms with van der Waals surface area (Å²) in [6.45, 7) is 13.1. The van der Waals surface area contributed by atoms with Gasteiger partial charge in [-0.25, -0.2) is 4.79 Å². The summed E-state index contributed by atoms with van der Waals surface area (Å²) in [4.78, 5) is 14.0. The lowest BCUT2D eigenvalue weighted by Gasteiger charge is -2.40. The summed E-state index contributed by atoms with van der Waals surface area (Å²) in [7, 11) is 0. The Kier molecular flexibility index (Phi) is 3.18. The molecule has 4 heteroatoms. The largest absolute Gasteiger partial charge is 0.444 e. The highest BCUT2D eigenvalue weighted by molar-refractivity contribution is 5.68. The quantitative estimate of drug-likeness (QED) is 0.728. The number of piperazine rings is 1. The Labute approximate surface area is 109 Å². The van der Waals surface area contributed by atoms with Gasteiger partial charge >= 0.3 is 6.09 Å². The van der Waals surface area contributed by atoms with E-state index in [-0.39, 0.29) is 17.7 Å². The lowest BCUT2D eigenvalue weighted by Crippen LogP contribution is -2.60. The van der Waals surface area contributed by atoms with Gasteiger partial charge in [0.2, 0.25) is 0 Å².